The Kier molecular flexibility index (Phi) is 7.01. The number of amides is 1. The molecule has 9 rings (SSSR count). The molecule has 5 aromatic heterocycles. The Morgan fingerprint density at radius 1 is 1.04 bits per heavy atom. The molecular weight excluding hydrogens is 649 g/mol. The van der Waals surface area contributed by atoms with E-state index in [0.717, 1.165) is 80.2 Å². The van der Waals surface area contributed by atoms with Crippen LogP contribution in [0.2, 0.25) is 5.02 Å². The van der Waals surface area contributed by atoms with Gasteiger partial charge in [0.25, 0.3) is 5.91 Å². The summed E-state index contributed by atoms with van der Waals surface area (Å²) in [6.07, 6.45) is 8.26. The minimum absolute atomic E-state index is 0.00911. The lowest BCUT2D eigenvalue weighted by molar-refractivity contribution is 0.0776. The van der Waals surface area contributed by atoms with Crippen molar-refractivity contribution in [1.82, 2.24) is 30.0 Å². The third-order valence-corrected chi connectivity index (χ3v) is 11.0. The molecule has 7 heterocycles. The van der Waals surface area contributed by atoms with Crippen molar-refractivity contribution in [3.8, 4) is 21.9 Å². The number of anilines is 1. The summed E-state index contributed by atoms with van der Waals surface area (Å²) in [7, 11) is 0. The number of benzene rings is 1. The fourth-order valence-electron chi connectivity index (χ4n) is 7.46. The number of hydrogen-bond donors (Lipinski definition) is 1. The molecule has 48 heavy (non-hydrogen) atoms. The molecule has 1 unspecified atom stereocenters. The number of pyridine rings is 3. The van der Waals surface area contributed by atoms with Crippen LogP contribution in [-0.4, -0.2) is 42.5 Å². The van der Waals surface area contributed by atoms with E-state index in [1.807, 2.05) is 17.0 Å². The van der Waals surface area contributed by atoms with Gasteiger partial charge in [0.1, 0.15) is 11.6 Å². The predicted octanol–water partition coefficient (Wildman–Crippen LogP) is 8.08. The van der Waals surface area contributed by atoms with Crippen LogP contribution in [0, 0.1) is 12.7 Å². The molecule has 0 radical (unpaired) electrons. The number of aryl methyl sites for hydroxylation is 4. The zero-order valence-electron chi connectivity index (χ0n) is 26.0. The number of aromatic nitrogens is 5. The molecule has 1 fully saturated rings. The van der Waals surface area contributed by atoms with Crippen LogP contribution in [0.5, 0.6) is 0 Å². The van der Waals surface area contributed by atoms with E-state index in [0.29, 0.717) is 47.3 Å². The Morgan fingerprint density at radius 3 is 2.75 bits per heavy atom. The SMILES string of the molecule is Cc1nnc(-c2c(CCc3ccc(F)cc3)nc3c(c2-c2cc4ccnc(N[C@@H]5CCc6cc(Cl)cnc65)c4s2)C(=O)N2CCCC32)o1. The van der Waals surface area contributed by atoms with Gasteiger partial charge in [-0.2, -0.15) is 0 Å². The van der Waals surface area contributed by atoms with Gasteiger partial charge in [0.2, 0.25) is 11.8 Å². The maximum Gasteiger partial charge on any atom is 0.257 e. The van der Waals surface area contributed by atoms with Crippen molar-refractivity contribution in [3.05, 3.63) is 105 Å². The van der Waals surface area contributed by atoms with E-state index >= 15 is 0 Å². The fraction of sp³-hybridized carbons (Fsp3) is 0.278. The molecule has 12 heteroatoms. The molecule has 1 amide bonds. The lowest BCUT2D eigenvalue weighted by Crippen LogP contribution is -2.22. The van der Waals surface area contributed by atoms with Crippen LogP contribution in [0.3, 0.4) is 0 Å². The number of carbonyl (C=O) groups excluding carboxylic acids is 1. The van der Waals surface area contributed by atoms with Crippen molar-refractivity contribution in [3.63, 3.8) is 0 Å². The number of halogens is 2. The molecule has 9 nitrogen and oxygen atoms in total. The standard InChI is InChI=1S/C36H29ClFN7O2S/c1-18-43-44-35(47-18)28-24(10-6-19-4-8-23(38)9-5-19)41-32-26-3-2-14-45(26)36(46)30(32)29(28)27-16-21-12-13-39-34(33(21)48-27)42-25-11-7-20-15-22(37)17-40-31(20)25/h4-5,8-9,12-13,15-17,25-26H,2-3,6-7,10-11,14H2,1H3,(H,39,42)/t25-,26?/m1/s1. The Hall–Kier alpha value is -4.74. The van der Waals surface area contributed by atoms with Gasteiger partial charge in [0.15, 0.2) is 0 Å². The normalized spacial score (nSPS) is 18.1. The van der Waals surface area contributed by atoms with Gasteiger partial charge >= 0.3 is 0 Å². The highest BCUT2D eigenvalue weighted by atomic mass is 35.5. The summed E-state index contributed by atoms with van der Waals surface area (Å²) in [4.78, 5) is 31.7. The summed E-state index contributed by atoms with van der Waals surface area (Å²) in [5, 5.41) is 13.9. The summed E-state index contributed by atoms with van der Waals surface area (Å²) in [5.74, 6) is 1.23. The van der Waals surface area contributed by atoms with Crippen molar-refractivity contribution < 1.29 is 13.6 Å². The van der Waals surface area contributed by atoms with Crippen molar-refractivity contribution >= 4 is 44.7 Å². The molecule has 2 aliphatic heterocycles. The zero-order valence-corrected chi connectivity index (χ0v) is 27.5. The predicted molar refractivity (Wildman–Crippen MR) is 182 cm³/mol. The number of hydrogen-bond acceptors (Lipinski definition) is 9. The number of carbonyl (C=O) groups is 1. The number of nitrogens with zero attached hydrogens (tertiary/aromatic N) is 6. The van der Waals surface area contributed by atoms with Gasteiger partial charge in [-0.25, -0.2) is 9.37 Å². The lowest BCUT2D eigenvalue weighted by atomic mass is 9.93. The van der Waals surface area contributed by atoms with Crippen molar-refractivity contribution in [2.75, 3.05) is 11.9 Å². The van der Waals surface area contributed by atoms with Gasteiger partial charge in [0.05, 0.1) is 50.0 Å². The molecule has 0 spiro atoms. The Bertz CT molecular complexity index is 2250. The average molecular weight is 678 g/mol. The average Bonchev–Trinajstić information content (AvgIpc) is 3.92. The molecule has 1 saturated heterocycles. The number of fused-ring (bicyclic) bond motifs is 5. The second-order valence-electron chi connectivity index (χ2n) is 12.6. The van der Waals surface area contributed by atoms with Crippen LogP contribution in [0.4, 0.5) is 10.2 Å². The maximum absolute atomic E-state index is 14.2. The number of rotatable bonds is 7. The third kappa shape index (κ3) is 4.86. The van der Waals surface area contributed by atoms with Crippen LogP contribution < -0.4 is 5.32 Å². The zero-order chi connectivity index (χ0) is 32.5. The van der Waals surface area contributed by atoms with E-state index in [4.69, 9.17) is 26.0 Å². The minimum atomic E-state index is -0.274. The van der Waals surface area contributed by atoms with Crippen LogP contribution in [0.1, 0.15) is 75.8 Å². The van der Waals surface area contributed by atoms with Crippen LogP contribution in [0.15, 0.2) is 59.3 Å². The van der Waals surface area contributed by atoms with Crippen LogP contribution in [0.25, 0.3) is 32.0 Å². The van der Waals surface area contributed by atoms with E-state index in [9.17, 15) is 9.18 Å². The Balaban J connectivity index is 1.21. The van der Waals surface area contributed by atoms with Crippen LogP contribution >= 0.6 is 22.9 Å². The first-order valence-electron chi connectivity index (χ1n) is 16.1. The smallest absolute Gasteiger partial charge is 0.257 e. The molecule has 1 aromatic carbocycles. The maximum atomic E-state index is 14.2. The molecule has 6 aromatic rings. The van der Waals surface area contributed by atoms with E-state index in [1.54, 1.807) is 42.8 Å². The van der Waals surface area contributed by atoms with Gasteiger partial charge in [-0.05, 0) is 85.4 Å². The monoisotopic (exact) mass is 677 g/mol. The quantitative estimate of drug-likeness (QED) is 0.181. The van der Waals surface area contributed by atoms with E-state index in [-0.39, 0.29) is 23.8 Å². The van der Waals surface area contributed by atoms with Gasteiger partial charge in [0, 0.05) is 36.3 Å². The second-order valence-corrected chi connectivity index (χ2v) is 14.1. The molecule has 240 valence electrons. The molecule has 0 saturated carbocycles. The lowest BCUT2D eigenvalue weighted by Gasteiger charge is -2.16. The van der Waals surface area contributed by atoms with E-state index < -0.39 is 0 Å². The Labute approximate surface area is 284 Å². The summed E-state index contributed by atoms with van der Waals surface area (Å²) in [5.41, 5.74) is 6.77. The van der Waals surface area contributed by atoms with E-state index in [1.165, 1.54) is 12.1 Å². The molecule has 3 aliphatic rings. The summed E-state index contributed by atoms with van der Waals surface area (Å²) >= 11 is 7.81. The fourth-order valence-corrected chi connectivity index (χ4v) is 8.80. The summed E-state index contributed by atoms with van der Waals surface area (Å²) in [6.45, 7) is 2.45. The minimum Gasteiger partial charge on any atom is -0.421 e. The van der Waals surface area contributed by atoms with Crippen molar-refractivity contribution in [1.29, 1.82) is 0 Å². The van der Waals surface area contributed by atoms with Gasteiger partial charge < -0.3 is 14.6 Å². The first-order valence-corrected chi connectivity index (χ1v) is 17.3. The second kappa shape index (κ2) is 11.5. The van der Waals surface area contributed by atoms with Crippen molar-refractivity contribution in [2.24, 2.45) is 0 Å². The highest BCUT2D eigenvalue weighted by molar-refractivity contribution is 7.23. The summed E-state index contributed by atoms with van der Waals surface area (Å²) in [6, 6.07) is 12.6. The van der Waals surface area contributed by atoms with Crippen LogP contribution in [-0.2, 0) is 19.3 Å². The summed E-state index contributed by atoms with van der Waals surface area (Å²) < 4.78 is 20.8. The largest absolute Gasteiger partial charge is 0.421 e. The molecular formula is C36H29ClFN7O2S. The first kappa shape index (κ1) is 29.4. The number of thiophene rings is 1. The molecule has 1 aliphatic carbocycles. The molecule has 1 N–H and O–H groups in total. The highest BCUT2D eigenvalue weighted by Gasteiger charge is 2.45. The topological polar surface area (TPSA) is 110 Å². The Morgan fingerprint density at radius 2 is 1.92 bits per heavy atom. The molecule has 2 atom stereocenters. The molecule has 0 bridgehead atoms. The van der Waals surface area contributed by atoms with Gasteiger partial charge in [-0.15, -0.1) is 21.5 Å². The van der Waals surface area contributed by atoms with E-state index in [2.05, 4.69) is 26.6 Å². The van der Waals surface area contributed by atoms with Gasteiger partial charge in [-0.3, -0.25) is 14.8 Å². The number of nitrogens with one attached hydrogen (secondary N) is 1. The van der Waals surface area contributed by atoms with Crippen molar-refractivity contribution in [2.45, 2.75) is 57.5 Å². The third-order valence-electron chi connectivity index (χ3n) is 9.64. The highest BCUT2D eigenvalue weighted by Crippen LogP contribution is 2.50. The van der Waals surface area contributed by atoms with Gasteiger partial charge in [-0.1, -0.05) is 23.7 Å². The first-order chi connectivity index (χ1) is 23.4.